The number of benzene rings is 1. The SMILES string of the molecule is CC(O)c1cc2nc(N3CCC(Oc4ccc(F)cc4F)CC3)c(-c3cnn(C)c3)nc2cn1. The monoisotopic (exact) mass is 466 g/mol. The van der Waals surface area contributed by atoms with Crippen LogP contribution in [0.2, 0.25) is 0 Å². The van der Waals surface area contributed by atoms with Crippen molar-refractivity contribution in [1.29, 1.82) is 0 Å². The zero-order valence-electron chi connectivity index (χ0n) is 18.8. The van der Waals surface area contributed by atoms with E-state index in [1.165, 1.54) is 12.1 Å². The molecule has 1 aliphatic heterocycles. The molecule has 3 aromatic heterocycles. The Morgan fingerprint density at radius 1 is 1.09 bits per heavy atom. The van der Waals surface area contributed by atoms with E-state index in [-0.39, 0.29) is 11.9 Å². The van der Waals surface area contributed by atoms with Gasteiger partial charge in [0.15, 0.2) is 17.4 Å². The van der Waals surface area contributed by atoms with Crippen LogP contribution in [-0.2, 0) is 7.05 Å². The van der Waals surface area contributed by atoms with Crippen LogP contribution >= 0.6 is 0 Å². The van der Waals surface area contributed by atoms with E-state index in [4.69, 9.17) is 14.7 Å². The number of hydrogen-bond donors (Lipinski definition) is 1. The summed E-state index contributed by atoms with van der Waals surface area (Å²) in [7, 11) is 1.84. The first-order valence-corrected chi connectivity index (χ1v) is 11.1. The molecule has 0 bridgehead atoms. The number of hydrogen-bond acceptors (Lipinski definition) is 7. The van der Waals surface area contributed by atoms with Gasteiger partial charge in [0, 0.05) is 50.8 Å². The third-order valence-electron chi connectivity index (χ3n) is 5.89. The molecule has 0 aliphatic carbocycles. The maximum atomic E-state index is 14.0. The molecule has 1 atom stereocenters. The van der Waals surface area contributed by atoms with Crippen molar-refractivity contribution in [3.63, 3.8) is 0 Å². The van der Waals surface area contributed by atoms with Gasteiger partial charge in [0.2, 0.25) is 0 Å². The number of aryl methyl sites for hydroxylation is 1. The topological polar surface area (TPSA) is 89.2 Å². The fourth-order valence-corrected chi connectivity index (χ4v) is 4.09. The van der Waals surface area contributed by atoms with Gasteiger partial charge >= 0.3 is 0 Å². The normalized spacial score (nSPS) is 15.6. The van der Waals surface area contributed by atoms with Crippen molar-refractivity contribution in [2.45, 2.75) is 32.0 Å². The van der Waals surface area contributed by atoms with Gasteiger partial charge in [-0.25, -0.2) is 18.7 Å². The Bertz CT molecular complexity index is 1330. The average Bonchev–Trinajstić information content (AvgIpc) is 3.26. The standard InChI is InChI=1S/C24H24F2N6O2/c1-14(33)19-10-20-21(12-27-19)29-23(15-11-28-31(2)13-15)24(30-20)32-7-5-17(6-8-32)34-22-4-3-16(25)9-18(22)26/h3-4,9-14,17,33H,5-8H2,1-2H3. The molecule has 0 saturated carbocycles. The first-order valence-electron chi connectivity index (χ1n) is 11.1. The van der Waals surface area contributed by atoms with Crippen LogP contribution in [0.25, 0.3) is 22.3 Å². The Balaban J connectivity index is 1.43. The van der Waals surface area contributed by atoms with Crippen LogP contribution < -0.4 is 9.64 Å². The van der Waals surface area contributed by atoms with Crippen LogP contribution in [0.15, 0.2) is 42.9 Å². The van der Waals surface area contributed by atoms with Crippen molar-refractivity contribution < 1.29 is 18.6 Å². The van der Waals surface area contributed by atoms with E-state index in [0.29, 0.717) is 54.2 Å². The van der Waals surface area contributed by atoms with Gasteiger partial charge in [-0.2, -0.15) is 5.10 Å². The minimum Gasteiger partial charge on any atom is -0.487 e. The Kier molecular flexibility index (Phi) is 5.82. The second-order valence-electron chi connectivity index (χ2n) is 8.45. The predicted octanol–water partition coefficient (Wildman–Crippen LogP) is 3.80. The van der Waals surface area contributed by atoms with Gasteiger partial charge in [-0.15, -0.1) is 0 Å². The van der Waals surface area contributed by atoms with Gasteiger partial charge in [-0.1, -0.05) is 0 Å². The van der Waals surface area contributed by atoms with Crippen LogP contribution in [0.1, 0.15) is 31.6 Å². The second kappa shape index (κ2) is 8.94. The average molecular weight is 466 g/mol. The van der Waals surface area contributed by atoms with Gasteiger partial charge in [0.1, 0.15) is 23.1 Å². The molecule has 4 heterocycles. The largest absolute Gasteiger partial charge is 0.487 e. The second-order valence-corrected chi connectivity index (χ2v) is 8.45. The van der Waals surface area contributed by atoms with Crippen LogP contribution in [0.3, 0.4) is 0 Å². The zero-order chi connectivity index (χ0) is 23.8. The molecule has 4 aromatic rings. The summed E-state index contributed by atoms with van der Waals surface area (Å²) >= 11 is 0. The van der Waals surface area contributed by atoms with Gasteiger partial charge in [0.05, 0.1) is 29.7 Å². The summed E-state index contributed by atoms with van der Waals surface area (Å²) in [5.74, 6) is -0.579. The molecule has 0 radical (unpaired) electrons. The molecular formula is C24H24F2N6O2. The number of anilines is 1. The summed E-state index contributed by atoms with van der Waals surface area (Å²) < 4.78 is 34.7. The van der Waals surface area contributed by atoms with Crippen LogP contribution in [-0.4, -0.2) is 49.0 Å². The van der Waals surface area contributed by atoms with Gasteiger partial charge in [-0.05, 0) is 25.1 Å². The molecule has 176 valence electrons. The Morgan fingerprint density at radius 2 is 1.88 bits per heavy atom. The van der Waals surface area contributed by atoms with E-state index in [1.807, 2.05) is 13.2 Å². The lowest BCUT2D eigenvalue weighted by Gasteiger charge is -2.33. The fraction of sp³-hybridized carbons (Fsp3) is 0.333. The maximum absolute atomic E-state index is 14.0. The van der Waals surface area contributed by atoms with Crippen molar-refractivity contribution in [2.24, 2.45) is 7.05 Å². The molecule has 34 heavy (non-hydrogen) atoms. The summed E-state index contributed by atoms with van der Waals surface area (Å²) in [6, 6.07) is 5.08. The van der Waals surface area contributed by atoms with Crippen LogP contribution in [0.4, 0.5) is 14.6 Å². The highest BCUT2D eigenvalue weighted by Crippen LogP contribution is 2.32. The third-order valence-corrected chi connectivity index (χ3v) is 5.89. The lowest BCUT2D eigenvalue weighted by Crippen LogP contribution is -2.39. The highest BCUT2D eigenvalue weighted by Gasteiger charge is 2.26. The molecule has 0 spiro atoms. The third kappa shape index (κ3) is 4.41. The molecule has 5 rings (SSSR count). The molecule has 10 heteroatoms. The number of pyridine rings is 1. The first kappa shape index (κ1) is 22.1. The fourth-order valence-electron chi connectivity index (χ4n) is 4.09. The van der Waals surface area contributed by atoms with Crippen molar-refractivity contribution in [3.8, 4) is 17.0 Å². The molecule has 1 aromatic carbocycles. The summed E-state index contributed by atoms with van der Waals surface area (Å²) in [5.41, 5.74) is 3.31. The molecule has 1 aliphatic rings. The Labute approximate surface area is 194 Å². The zero-order valence-corrected chi connectivity index (χ0v) is 18.8. The highest BCUT2D eigenvalue weighted by molar-refractivity contribution is 5.83. The Hall–Kier alpha value is -3.66. The smallest absolute Gasteiger partial charge is 0.167 e. The van der Waals surface area contributed by atoms with E-state index in [1.54, 1.807) is 30.1 Å². The van der Waals surface area contributed by atoms with Gasteiger partial charge < -0.3 is 14.7 Å². The number of ether oxygens (including phenoxy) is 1. The minimum atomic E-state index is -0.715. The quantitative estimate of drug-likeness (QED) is 0.479. The number of fused-ring (bicyclic) bond motifs is 1. The van der Waals surface area contributed by atoms with E-state index >= 15 is 0 Å². The lowest BCUT2D eigenvalue weighted by atomic mass is 10.1. The minimum absolute atomic E-state index is 0.0551. The van der Waals surface area contributed by atoms with Gasteiger partial charge in [-0.3, -0.25) is 9.67 Å². The molecular weight excluding hydrogens is 442 g/mol. The first-order chi connectivity index (χ1) is 16.4. The van der Waals surface area contributed by atoms with Crippen LogP contribution in [0, 0.1) is 11.6 Å². The summed E-state index contributed by atoms with van der Waals surface area (Å²) in [4.78, 5) is 16.1. The number of nitrogens with zero attached hydrogens (tertiary/aromatic N) is 6. The van der Waals surface area contributed by atoms with E-state index in [0.717, 1.165) is 11.6 Å². The number of rotatable bonds is 5. The predicted molar refractivity (Wildman–Crippen MR) is 122 cm³/mol. The van der Waals surface area contributed by atoms with Crippen LogP contribution in [0.5, 0.6) is 5.75 Å². The summed E-state index contributed by atoms with van der Waals surface area (Å²) in [5, 5.41) is 14.2. The number of piperidine rings is 1. The number of aliphatic hydroxyl groups excluding tert-OH is 1. The van der Waals surface area contributed by atoms with E-state index in [9.17, 15) is 13.9 Å². The van der Waals surface area contributed by atoms with Crippen molar-refractivity contribution in [3.05, 3.63) is 60.2 Å². The van der Waals surface area contributed by atoms with Crippen molar-refractivity contribution >= 4 is 16.9 Å². The Morgan fingerprint density at radius 3 is 2.56 bits per heavy atom. The molecule has 0 amide bonds. The molecule has 1 N–H and O–H groups in total. The number of halogens is 2. The summed E-state index contributed by atoms with van der Waals surface area (Å²) in [6.45, 7) is 2.89. The van der Waals surface area contributed by atoms with Gasteiger partial charge in [0.25, 0.3) is 0 Å². The lowest BCUT2D eigenvalue weighted by molar-refractivity contribution is 0.163. The molecule has 1 unspecified atom stereocenters. The number of aliphatic hydroxyl groups is 1. The number of aromatic nitrogens is 5. The molecule has 8 nitrogen and oxygen atoms in total. The maximum Gasteiger partial charge on any atom is 0.167 e. The van der Waals surface area contributed by atoms with Crippen molar-refractivity contribution in [1.82, 2.24) is 24.7 Å². The molecule has 1 fully saturated rings. The van der Waals surface area contributed by atoms with E-state index < -0.39 is 17.7 Å². The molecule has 1 saturated heterocycles. The highest BCUT2D eigenvalue weighted by atomic mass is 19.1. The summed E-state index contributed by atoms with van der Waals surface area (Å²) in [6.07, 6.45) is 5.60. The van der Waals surface area contributed by atoms with Crippen molar-refractivity contribution in [2.75, 3.05) is 18.0 Å². The van der Waals surface area contributed by atoms with E-state index in [2.05, 4.69) is 15.0 Å².